The van der Waals surface area contributed by atoms with Crippen LogP contribution in [0.2, 0.25) is 0 Å². The molecule has 0 saturated heterocycles. The average molecular weight is 332 g/mol. The Balaban J connectivity index is 1.56. The first-order valence-corrected chi connectivity index (χ1v) is 9.04. The van der Waals surface area contributed by atoms with Crippen molar-refractivity contribution in [3.8, 4) is 0 Å². The average Bonchev–Trinajstić information content (AvgIpc) is 3.06. The summed E-state index contributed by atoms with van der Waals surface area (Å²) < 4.78 is 2.26. The fourth-order valence-corrected chi connectivity index (χ4v) is 3.65. The van der Waals surface area contributed by atoms with Gasteiger partial charge in [0.05, 0.1) is 13.1 Å². The topological polar surface area (TPSA) is 67.1 Å². The first kappa shape index (κ1) is 16.0. The number of aryl methyl sites for hydroxylation is 2. The van der Waals surface area contributed by atoms with Gasteiger partial charge in [-0.05, 0) is 36.8 Å². The molecule has 2 aromatic rings. The lowest BCUT2D eigenvalue weighted by atomic mass is 10.2. The third kappa shape index (κ3) is 3.90. The molecule has 0 aliphatic carbocycles. The van der Waals surface area contributed by atoms with Crippen molar-refractivity contribution in [2.24, 2.45) is 4.99 Å². The number of fused-ring (bicyclic) bond motifs is 1. The van der Waals surface area contributed by atoms with Crippen LogP contribution in [0, 0.1) is 6.92 Å². The molecular formula is C16H24N6S. The highest BCUT2D eigenvalue weighted by atomic mass is 32.1. The molecule has 23 heavy (non-hydrogen) atoms. The first-order valence-electron chi connectivity index (χ1n) is 8.16. The highest BCUT2D eigenvalue weighted by Gasteiger charge is 2.14. The monoisotopic (exact) mass is 332 g/mol. The van der Waals surface area contributed by atoms with Gasteiger partial charge in [-0.3, -0.25) is 4.99 Å². The zero-order chi connectivity index (χ0) is 16.1. The molecule has 3 rings (SSSR count). The molecule has 0 fully saturated rings. The lowest BCUT2D eigenvalue weighted by molar-refractivity contribution is 0.596. The van der Waals surface area contributed by atoms with E-state index in [1.807, 2.05) is 0 Å². The number of rotatable bonds is 4. The van der Waals surface area contributed by atoms with Crippen molar-refractivity contribution in [3.63, 3.8) is 0 Å². The predicted molar refractivity (Wildman–Crippen MR) is 93.7 cm³/mol. The molecule has 0 amide bonds. The van der Waals surface area contributed by atoms with E-state index in [9.17, 15) is 0 Å². The molecule has 0 spiro atoms. The van der Waals surface area contributed by atoms with Crippen LogP contribution in [0.3, 0.4) is 0 Å². The number of nitrogens with one attached hydrogen (secondary N) is 2. The van der Waals surface area contributed by atoms with Gasteiger partial charge in [0.2, 0.25) is 0 Å². The van der Waals surface area contributed by atoms with Gasteiger partial charge in [-0.1, -0.05) is 6.42 Å². The minimum Gasteiger partial charge on any atom is -0.352 e. The maximum atomic E-state index is 4.34. The van der Waals surface area contributed by atoms with E-state index in [2.05, 4.69) is 48.8 Å². The number of aliphatic imine (C=N–C) groups is 1. The molecule has 0 atom stereocenters. The summed E-state index contributed by atoms with van der Waals surface area (Å²) in [6, 6.07) is 2.14. The maximum absolute atomic E-state index is 4.34. The number of aromatic nitrogens is 3. The zero-order valence-corrected chi connectivity index (χ0v) is 14.6. The van der Waals surface area contributed by atoms with Crippen molar-refractivity contribution in [2.45, 2.75) is 52.2 Å². The van der Waals surface area contributed by atoms with Gasteiger partial charge in [0.25, 0.3) is 0 Å². The van der Waals surface area contributed by atoms with Crippen molar-refractivity contribution < 1.29 is 0 Å². The largest absolute Gasteiger partial charge is 0.352 e. The van der Waals surface area contributed by atoms with Crippen LogP contribution in [0.4, 0.5) is 0 Å². The van der Waals surface area contributed by atoms with Gasteiger partial charge >= 0.3 is 0 Å². The summed E-state index contributed by atoms with van der Waals surface area (Å²) in [6.45, 7) is 4.60. The minimum absolute atomic E-state index is 0.649. The SMILES string of the molecule is CN=C(NCc1sccc1C)NCc1nnc2n1CCCCC2. The molecule has 0 bridgehead atoms. The van der Waals surface area contributed by atoms with Gasteiger partial charge in [-0.15, -0.1) is 21.5 Å². The summed E-state index contributed by atoms with van der Waals surface area (Å²) in [4.78, 5) is 5.63. The fourth-order valence-electron chi connectivity index (χ4n) is 2.81. The van der Waals surface area contributed by atoms with E-state index in [1.165, 1.54) is 29.7 Å². The molecule has 0 radical (unpaired) electrons. The second-order valence-corrected chi connectivity index (χ2v) is 6.80. The summed E-state index contributed by atoms with van der Waals surface area (Å²) >= 11 is 1.77. The number of nitrogens with zero attached hydrogens (tertiary/aromatic N) is 4. The van der Waals surface area contributed by atoms with Crippen LogP contribution >= 0.6 is 11.3 Å². The number of guanidine groups is 1. The van der Waals surface area contributed by atoms with Crippen LogP contribution in [0.25, 0.3) is 0 Å². The molecule has 0 aromatic carbocycles. The Hall–Kier alpha value is -1.89. The van der Waals surface area contributed by atoms with Crippen LogP contribution < -0.4 is 10.6 Å². The van der Waals surface area contributed by atoms with E-state index in [0.29, 0.717) is 6.54 Å². The third-order valence-corrected chi connectivity index (χ3v) is 5.23. The van der Waals surface area contributed by atoms with E-state index < -0.39 is 0 Å². The fraction of sp³-hybridized carbons (Fsp3) is 0.562. The van der Waals surface area contributed by atoms with Gasteiger partial charge in [0, 0.05) is 24.9 Å². The maximum Gasteiger partial charge on any atom is 0.191 e. The molecule has 1 aliphatic heterocycles. The van der Waals surface area contributed by atoms with Crippen molar-refractivity contribution >= 4 is 17.3 Å². The van der Waals surface area contributed by atoms with Crippen molar-refractivity contribution in [3.05, 3.63) is 33.5 Å². The molecule has 1 aliphatic rings. The highest BCUT2D eigenvalue weighted by molar-refractivity contribution is 7.10. The van der Waals surface area contributed by atoms with Crippen molar-refractivity contribution in [1.29, 1.82) is 0 Å². The Morgan fingerprint density at radius 2 is 2.13 bits per heavy atom. The van der Waals surface area contributed by atoms with E-state index in [-0.39, 0.29) is 0 Å². The van der Waals surface area contributed by atoms with Crippen LogP contribution in [0.5, 0.6) is 0 Å². The number of hydrogen-bond donors (Lipinski definition) is 2. The van der Waals surface area contributed by atoms with Crippen LogP contribution in [0.1, 0.15) is 41.4 Å². The number of thiophene rings is 1. The molecule has 2 aromatic heterocycles. The van der Waals surface area contributed by atoms with E-state index in [4.69, 9.17) is 0 Å². The molecule has 7 heteroatoms. The summed E-state index contributed by atoms with van der Waals surface area (Å²) in [6.07, 6.45) is 4.74. The standard InChI is InChI=1S/C16H24N6S/c1-12-7-9-23-13(12)10-18-16(17-2)19-11-15-21-20-14-6-4-3-5-8-22(14)15/h7,9H,3-6,8,10-11H2,1-2H3,(H2,17,18,19). The van der Waals surface area contributed by atoms with Gasteiger partial charge in [0.15, 0.2) is 11.8 Å². The molecule has 124 valence electrons. The van der Waals surface area contributed by atoms with E-state index >= 15 is 0 Å². The lowest BCUT2D eigenvalue weighted by Gasteiger charge is -2.12. The Labute approximate surface area is 141 Å². The van der Waals surface area contributed by atoms with Crippen molar-refractivity contribution in [1.82, 2.24) is 25.4 Å². The second kappa shape index (κ2) is 7.59. The normalized spacial score (nSPS) is 15.1. The van der Waals surface area contributed by atoms with Gasteiger partial charge in [-0.25, -0.2) is 0 Å². The summed E-state index contributed by atoms with van der Waals surface area (Å²) in [5.74, 6) is 2.91. The molecule has 0 saturated carbocycles. The van der Waals surface area contributed by atoms with Crippen LogP contribution in [-0.4, -0.2) is 27.8 Å². The van der Waals surface area contributed by atoms with Gasteiger partial charge in [-0.2, -0.15) is 0 Å². The Morgan fingerprint density at radius 3 is 2.91 bits per heavy atom. The first-order chi connectivity index (χ1) is 11.3. The molecule has 3 heterocycles. The predicted octanol–water partition coefficient (Wildman–Crippen LogP) is 2.24. The number of hydrogen-bond acceptors (Lipinski definition) is 4. The summed E-state index contributed by atoms with van der Waals surface area (Å²) in [5, 5.41) is 17.5. The van der Waals surface area contributed by atoms with Crippen LogP contribution in [-0.2, 0) is 26.1 Å². The Kier molecular flexibility index (Phi) is 5.27. The highest BCUT2D eigenvalue weighted by Crippen LogP contribution is 2.15. The third-order valence-electron chi connectivity index (χ3n) is 4.21. The summed E-state index contributed by atoms with van der Waals surface area (Å²) in [5.41, 5.74) is 1.32. The van der Waals surface area contributed by atoms with Crippen molar-refractivity contribution in [2.75, 3.05) is 7.05 Å². The van der Waals surface area contributed by atoms with Gasteiger partial charge in [0.1, 0.15) is 5.82 Å². The molecular weight excluding hydrogens is 308 g/mol. The quantitative estimate of drug-likeness (QED) is 0.666. The van der Waals surface area contributed by atoms with Crippen LogP contribution in [0.15, 0.2) is 16.4 Å². The molecule has 6 nitrogen and oxygen atoms in total. The Morgan fingerprint density at radius 1 is 1.26 bits per heavy atom. The second-order valence-electron chi connectivity index (χ2n) is 5.80. The van der Waals surface area contributed by atoms with Gasteiger partial charge < -0.3 is 15.2 Å². The van der Waals surface area contributed by atoms with E-state index in [0.717, 1.165) is 37.1 Å². The van der Waals surface area contributed by atoms with E-state index in [1.54, 1.807) is 18.4 Å². The zero-order valence-electron chi connectivity index (χ0n) is 13.8. The molecule has 0 unspecified atom stereocenters. The lowest BCUT2D eigenvalue weighted by Crippen LogP contribution is -2.37. The Bertz CT molecular complexity index is 672. The summed E-state index contributed by atoms with van der Waals surface area (Å²) in [7, 11) is 1.79. The minimum atomic E-state index is 0.649. The molecule has 2 N–H and O–H groups in total. The smallest absolute Gasteiger partial charge is 0.191 e.